The van der Waals surface area contributed by atoms with Crippen LogP contribution in [0.1, 0.15) is 23.8 Å². The first-order chi connectivity index (χ1) is 9.15. The summed E-state index contributed by atoms with van der Waals surface area (Å²) in [6.07, 6.45) is 0.954. The van der Waals surface area contributed by atoms with Gasteiger partial charge >= 0.3 is 0 Å². The molecule has 0 radical (unpaired) electrons. The molecule has 0 spiro atoms. The Morgan fingerprint density at radius 1 is 1.53 bits per heavy atom. The minimum absolute atomic E-state index is 0.0418. The number of carbonyl (C=O) groups excluding carboxylic acids is 1. The van der Waals surface area contributed by atoms with Crippen LogP contribution < -0.4 is 16.4 Å². The first kappa shape index (κ1) is 13.7. The second kappa shape index (κ2) is 5.94. The van der Waals surface area contributed by atoms with Crippen molar-refractivity contribution in [1.82, 2.24) is 15.5 Å². The zero-order valence-corrected chi connectivity index (χ0v) is 11.1. The topological polar surface area (TPSA) is 102 Å². The highest BCUT2D eigenvalue weighted by molar-refractivity contribution is 5.91. The summed E-state index contributed by atoms with van der Waals surface area (Å²) in [6, 6.07) is 3.43. The molecular formula is C12H19N5O2. The zero-order chi connectivity index (χ0) is 13.8. The van der Waals surface area contributed by atoms with Gasteiger partial charge in [-0.15, -0.1) is 10.2 Å². The van der Waals surface area contributed by atoms with Crippen LogP contribution in [0.5, 0.6) is 0 Å². The Hall–Kier alpha value is -1.73. The van der Waals surface area contributed by atoms with E-state index in [2.05, 4.69) is 20.8 Å². The highest BCUT2D eigenvalue weighted by atomic mass is 16.5. The number of hydrogen-bond donors (Lipinski definition) is 3. The Labute approximate surface area is 111 Å². The normalized spacial score (nSPS) is 25.5. The SMILES string of the molecule is CCOC1CC(N)C1Nc1ccc(C(=O)NC)nn1. The zero-order valence-electron chi connectivity index (χ0n) is 11.1. The lowest BCUT2D eigenvalue weighted by Crippen LogP contribution is -2.60. The van der Waals surface area contributed by atoms with Crippen molar-refractivity contribution in [1.29, 1.82) is 0 Å². The summed E-state index contributed by atoms with van der Waals surface area (Å²) in [7, 11) is 1.55. The summed E-state index contributed by atoms with van der Waals surface area (Å²) in [5, 5.41) is 13.5. The van der Waals surface area contributed by atoms with Crippen molar-refractivity contribution in [2.45, 2.75) is 31.5 Å². The molecule has 0 bridgehead atoms. The molecule has 7 heteroatoms. The van der Waals surface area contributed by atoms with Gasteiger partial charge in [-0.3, -0.25) is 4.79 Å². The van der Waals surface area contributed by atoms with Crippen LogP contribution in [0.2, 0.25) is 0 Å². The fraction of sp³-hybridized carbons (Fsp3) is 0.583. The Balaban J connectivity index is 1.97. The Morgan fingerprint density at radius 2 is 2.32 bits per heavy atom. The van der Waals surface area contributed by atoms with E-state index in [0.29, 0.717) is 12.4 Å². The van der Waals surface area contributed by atoms with Crippen LogP contribution in [0, 0.1) is 0 Å². The number of nitrogens with two attached hydrogens (primary N) is 1. The first-order valence-electron chi connectivity index (χ1n) is 6.35. The highest BCUT2D eigenvalue weighted by Crippen LogP contribution is 2.25. The molecule has 1 aliphatic rings. The second-order valence-electron chi connectivity index (χ2n) is 4.45. The molecule has 1 aromatic rings. The number of ether oxygens (including phenoxy) is 1. The monoisotopic (exact) mass is 265 g/mol. The molecule has 1 aliphatic carbocycles. The van der Waals surface area contributed by atoms with E-state index in [9.17, 15) is 4.79 Å². The molecule has 7 nitrogen and oxygen atoms in total. The van der Waals surface area contributed by atoms with Crippen molar-refractivity contribution in [3.63, 3.8) is 0 Å². The molecular weight excluding hydrogens is 246 g/mol. The summed E-state index contributed by atoms with van der Waals surface area (Å²) in [6.45, 7) is 2.62. The average Bonchev–Trinajstić information content (AvgIpc) is 2.44. The van der Waals surface area contributed by atoms with E-state index in [1.54, 1.807) is 19.2 Å². The predicted octanol–water partition coefficient (Wildman–Crippen LogP) is -0.247. The fourth-order valence-corrected chi connectivity index (χ4v) is 2.06. The van der Waals surface area contributed by atoms with Crippen molar-refractivity contribution >= 4 is 11.7 Å². The summed E-state index contributed by atoms with van der Waals surface area (Å²) in [4.78, 5) is 11.3. The summed E-state index contributed by atoms with van der Waals surface area (Å²) in [5.74, 6) is 0.337. The molecule has 104 valence electrons. The molecule has 3 atom stereocenters. The van der Waals surface area contributed by atoms with Gasteiger partial charge in [-0.05, 0) is 25.5 Å². The number of hydrogen-bond acceptors (Lipinski definition) is 6. The van der Waals surface area contributed by atoms with Gasteiger partial charge in [0.25, 0.3) is 5.91 Å². The molecule has 1 amide bonds. The van der Waals surface area contributed by atoms with Crippen molar-refractivity contribution in [3.05, 3.63) is 17.8 Å². The van der Waals surface area contributed by atoms with E-state index < -0.39 is 0 Å². The van der Waals surface area contributed by atoms with Gasteiger partial charge in [0.2, 0.25) is 0 Å². The predicted molar refractivity (Wildman–Crippen MR) is 70.8 cm³/mol. The maximum Gasteiger partial charge on any atom is 0.271 e. The molecule has 1 heterocycles. The van der Waals surface area contributed by atoms with Crippen LogP contribution in [0.3, 0.4) is 0 Å². The van der Waals surface area contributed by atoms with Crippen molar-refractivity contribution in [2.24, 2.45) is 5.73 Å². The number of anilines is 1. The smallest absolute Gasteiger partial charge is 0.271 e. The van der Waals surface area contributed by atoms with Crippen LogP contribution in [-0.2, 0) is 4.74 Å². The molecule has 1 aromatic heterocycles. The molecule has 0 aromatic carbocycles. The number of amides is 1. The quantitative estimate of drug-likeness (QED) is 0.678. The van der Waals surface area contributed by atoms with E-state index >= 15 is 0 Å². The van der Waals surface area contributed by atoms with Gasteiger partial charge in [-0.1, -0.05) is 0 Å². The van der Waals surface area contributed by atoms with Crippen molar-refractivity contribution < 1.29 is 9.53 Å². The number of carbonyl (C=O) groups is 1. The largest absolute Gasteiger partial charge is 0.376 e. The number of aromatic nitrogens is 2. The third kappa shape index (κ3) is 2.99. The van der Waals surface area contributed by atoms with E-state index in [-0.39, 0.29) is 29.8 Å². The van der Waals surface area contributed by atoms with Crippen LogP contribution in [0.15, 0.2) is 12.1 Å². The van der Waals surface area contributed by atoms with Crippen LogP contribution >= 0.6 is 0 Å². The van der Waals surface area contributed by atoms with E-state index in [4.69, 9.17) is 10.5 Å². The van der Waals surface area contributed by atoms with Gasteiger partial charge in [-0.2, -0.15) is 0 Å². The molecule has 0 saturated heterocycles. The fourth-order valence-electron chi connectivity index (χ4n) is 2.06. The van der Waals surface area contributed by atoms with Gasteiger partial charge in [-0.25, -0.2) is 0 Å². The highest BCUT2D eigenvalue weighted by Gasteiger charge is 2.39. The molecule has 0 aliphatic heterocycles. The van der Waals surface area contributed by atoms with E-state index in [0.717, 1.165) is 6.42 Å². The van der Waals surface area contributed by atoms with E-state index in [1.165, 1.54) is 0 Å². The lowest BCUT2D eigenvalue weighted by Gasteiger charge is -2.42. The van der Waals surface area contributed by atoms with Gasteiger partial charge in [0, 0.05) is 19.7 Å². The van der Waals surface area contributed by atoms with Gasteiger partial charge in [0.1, 0.15) is 5.82 Å². The first-order valence-corrected chi connectivity index (χ1v) is 6.35. The third-order valence-electron chi connectivity index (χ3n) is 3.19. The van der Waals surface area contributed by atoms with Gasteiger partial charge in [0.05, 0.1) is 12.1 Å². The lowest BCUT2D eigenvalue weighted by molar-refractivity contribution is -0.0127. The minimum atomic E-state index is -0.258. The van der Waals surface area contributed by atoms with Crippen LogP contribution in [0.4, 0.5) is 5.82 Å². The number of nitrogens with one attached hydrogen (secondary N) is 2. The van der Waals surface area contributed by atoms with Crippen molar-refractivity contribution in [3.8, 4) is 0 Å². The Kier molecular flexibility index (Phi) is 4.28. The minimum Gasteiger partial charge on any atom is -0.376 e. The van der Waals surface area contributed by atoms with Crippen LogP contribution in [0.25, 0.3) is 0 Å². The number of nitrogens with zero attached hydrogens (tertiary/aromatic N) is 2. The molecule has 19 heavy (non-hydrogen) atoms. The summed E-state index contributed by atoms with van der Waals surface area (Å²) >= 11 is 0. The Morgan fingerprint density at radius 3 is 2.84 bits per heavy atom. The standard InChI is InChI=1S/C12H19N5O2/c1-3-19-9-6-7(13)11(9)15-10-5-4-8(16-17-10)12(18)14-2/h4-5,7,9,11H,3,6,13H2,1-2H3,(H,14,18)(H,15,17). The maximum atomic E-state index is 11.3. The second-order valence-corrected chi connectivity index (χ2v) is 4.45. The molecule has 2 rings (SSSR count). The van der Waals surface area contributed by atoms with Gasteiger partial charge < -0.3 is 21.1 Å². The molecule has 1 fully saturated rings. The van der Waals surface area contributed by atoms with E-state index in [1.807, 2.05) is 6.92 Å². The maximum absolute atomic E-state index is 11.3. The molecule has 3 unspecified atom stereocenters. The molecule has 4 N–H and O–H groups in total. The van der Waals surface area contributed by atoms with Crippen LogP contribution in [-0.4, -0.2) is 47.9 Å². The molecule has 1 saturated carbocycles. The van der Waals surface area contributed by atoms with Gasteiger partial charge in [0.15, 0.2) is 5.69 Å². The summed E-state index contributed by atoms with van der Waals surface area (Å²) in [5.41, 5.74) is 6.22. The van der Waals surface area contributed by atoms with Crippen molar-refractivity contribution in [2.75, 3.05) is 19.0 Å². The number of rotatable bonds is 5. The Bertz CT molecular complexity index is 434. The average molecular weight is 265 g/mol. The summed E-state index contributed by atoms with van der Waals surface area (Å²) < 4.78 is 5.56. The third-order valence-corrected chi connectivity index (χ3v) is 3.19. The lowest BCUT2D eigenvalue weighted by atomic mass is 9.83.